The van der Waals surface area contributed by atoms with E-state index in [1.165, 1.54) is 4.90 Å². The smallest absolute Gasteiger partial charge is 0.227 e. The number of anilines is 1. The van der Waals surface area contributed by atoms with Crippen molar-refractivity contribution in [2.45, 2.75) is 12.5 Å². The number of sulfone groups is 1. The van der Waals surface area contributed by atoms with Crippen molar-refractivity contribution in [2.24, 2.45) is 5.92 Å². The number of carbonyl (C=O) groups excluding carboxylic acids is 1. The molecule has 0 spiro atoms. The first-order chi connectivity index (χ1) is 8.89. The first-order valence-electron chi connectivity index (χ1n) is 5.85. The standard InChI is InChI=1S/C12H11Cl2NO3S/c13-8-2-1-3-9(12(8)14)15-10-6-19(17,18)5-7(10)4-11(15)16/h1-3,7,10H,4-6H2/t7-,10-/m0/s1. The van der Waals surface area contributed by atoms with Gasteiger partial charge < -0.3 is 4.90 Å². The fourth-order valence-corrected chi connectivity index (χ4v) is 5.34. The third kappa shape index (κ3) is 2.14. The van der Waals surface area contributed by atoms with Gasteiger partial charge in [0.15, 0.2) is 9.84 Å². The Bertz CT molecular complexity index is 659. The van der Waals surface area contributed by atoms with Crippen LogP contribution < -0.4 is 4.90 Å². The Morgan fingerprint density at radius 2 is 1.95 bits per heavy atom. The predicted octanol–water partition coefficient (Wildman–Crippen LogP) is 2.14. The van der Waals surface area contributed by atoms with Crippen LogP contribution in [0.4, 0.5) is 5.69 Å². The van der Waals surface area contributed by atoms with Crippen LogP contribution in [0.2, 0.25) is 10.0 Å². The predicted molar refractivity (Wildman–Crippen MR) is 74.5 cm³/mol. The maximum atomic E-state index is 12.1. The zero-order valence-electron chi connectivity index (χ0n) is 9.84. The highest BCUT2D eigenvalue weighted by molar-refractivity contribution is 7.91. The largest absolute Gasteiger partial charge is 0.306 e. The number of nitrogens with zero attached hydrogens (tertiary/aromatic N) is 1. The number of carbonyl (C=O) groups is 1. The van der Waals surface area contributed by atoms with Crippen molar-refractivity contribution in [3.8, 4) is 0 Å². The van der Waals surface area contributed by atoms with Gasteiger partial charge in [-0.2, -0.15) is 0 Å². The second-order valence-corrected chi connectivity index (χ2v) is 7.88. The number of benzene rings is 1. The zero-order chi connectivity index (χ0) is 13.8. The van der Waals surface area contributed by atoms with E-state index in [4.69, 9.17) is 23.2 Å². The van der Waals surface area contributed by atoms with E-state index in [0.717, 1.165) is 0 Å². The first kappa shape index (κ1) is 13.2. The van der Waals surface area contributed by atoms with Crippen molar-refractivity contribution in [1.82, 2.24) is 0 Å². The molecule has 2 atom stereocenters. The van der Waals surface area contributed by atoms with Crippen LogP contribution in [0.15, 0.2) is 18.2 Å². The SMILES string of the molecule is O=C1C[C@H]2CS(=O)(=O)C[C@@H]2N1c1cccc(Cl)c1Cl. The highest BCUT2D eigenvalue weighted by Crippen LogP contribution is 2.41. The summed E-state index contributed by atoms with van der Waals surface area (Å²) in [4.78, 5) is 13.6. The molecule has 7 heteroatoms. The number of hydrogen-bond acceptors (Lipinski definition) is 3. The van der Waals surface area contributed by atoms with Gasteiger partial charge in [-0.15, -0.1) is 0 Å². The molecule has 1 aromatic carbocycles. The minimum absolute atomic E-state index is 0.00620. The van der Waals surface area contributed by atoms with Gasteiger partial charge in [-0.3, -0.25) is 4.79 Å². The lowest BCUT2D eigenvalue weighted by molar-refractivity contribution is -0.117. The molecular weight excluding hydrogens is 309 g/mol. The van der Waals surface area contributed by atoms with Crippen LogP contribution in [0.25, 0.3) is 0 Å². The number of rotatable bonds is 1. The quantitative estimate of drug-likeness (QED) is 0.797. The molecule has 4 nitrogen and oxygen atoms in total. The molecule has 19 heavy (non-hydrogen) atoms. The molecule has 0 saturated carbocycles. The Kier molecular flexibility index (Phi) is 3.04. The van der Waals surface area contributed by atoms with E-state index in [1.54, 1.807) is 18.2 Å². The molecule has 0 bridgehead atoms. The number of amides is 1. The summed E-state index contributed by atoms with van der Waals surface area (Å²) < 4.78 is 23.4. The molecular formula is C12H11Cl2NO3S. The van der Waals surface area contributed by atoms with Crippen LogP contribution in [0.1, 0.15) is 6.42 Å². The Morgan fingerprint density at radius 1 is 1.21 bits per heavy atom. The lowest BCUT2D eigenvalue weighted by Crippen LogP contribution is -2.36. The molecule has 0 unspecified atom stereocenters. The van der Waals surface area contributed by atoms with Crippen molar-refractivity contribution in [1.29, 1.82) is 0 Å². The van der Waals surface area contributed by atoms with Gasteiger partial charge >= 0.3 is 0 Å². The van der Waals surface area contributed by atoms with Gasteiger partial charge in [0.05, 0.1) is 33.3 Å². The summed E-state index contributed by atoms with van der Waals surface area (Å²) in [7, 11) is -3.06. The Labute approximate surface area is 121 Å². The monoisotopic (exact) mass is 319 g/mol. The number of hydrogen-bond donors (Lipinski definition) is 0. The van der Waals surface area contributed by atoms with Gasteiger partial charge in [-0.1, -0.05) is 29.3 Å². The normalized spacial score (nSPS) is 28.7. The van der Waals surface area contributed by atoms with Gasteiger partial charge in [-0.05, 0) is 12.1 Å². The van der Waals surface area contributed by atoms with Gasteiger partial charge in [0.2, 0.25) is 5.91 Å². The van der Waals surface area contributed by atoms with Crippen LogP contribution in [0, 0.1) is 5.92 Å². The minimum Gasteiger partial charge on any atom is -0.306 e. The molecule has 2 aliphatic rings. The Morgan fingerprint density at radius 3 is 2.68 bits per heavy atom. The summed E-state index contributed by atoms with van der Waals surface area (Å²) in [6.07, 6.45) is 0.257. The summed E-state index contributed by atoms with van der Waals surface area (Å²) in [5.41, 5.74) is 0.503. The van der Waals surface area contributed by atoms with Gasteiger partial charge in [0.1, 0.15) is 0 Å². The van der Waals surface area contributed by atoms with Crippen LogP contribution in [-0.4, -0.2) is 31.9 Å². The number of halogens is 2. The fourth-order valence-electron chi connectivity index (χ4n) is 2.88. The van der Waals surface area contributed by atoms with Crippen LogP contribution in [0.3, 0.4) is 0 Å². The van der Waals surface area contributed by atoms with Crippen LogP contribution in [0.5, 0.6) is 0 Å². The van der Waals surface area contributed by atoms with Crippen LogP contribution in [-0.2, 0) is 14.6 Å². The van der Waals surface area contributed by atoms with E-state index < -0.39 is 9.84 Å². The molecule has 0 N–H and O–H groups in total. The maximum absolute atomic E-state index is 12.1. The molecule has 1 amide bonds. The van der Waals surface area contributed by atoms with Gasteiger partial charge in [0.25, 0.3) is 0 Å². The third-order valence-corrected chi connectivity index (χ3v) is 6.26. The molecule has 2 heterocycles. The molecule has 102 valence electrons. The molecule has 2 aliphatic heterocycles. The minimum atomic E-state index is -3.06. The fraction of sp³-hybridized carbons (Fsp3) is 0.417. The van der Waals surface area contributed by atoms with E-state index in [2.05, 4.69) is 0 Å². The lowest BCUT2D eigenvalue weighted by Gasteiger charge is -2.24. The summed E-state index contributed by atoms with van der Waals surface area (Å²) >= 11 is 12.1. The van der Waals surface area contributed by atoms with Crippen molar-refractivity contribution in [2.75, 3.05) is 16.4 Å². The Hall–Kier alpha value is -0.780. The molecule has 2 saturated heterocycles. The van der Waals surface area contributed by atoms with Crippen molar-refractivity contribution in [3.05, 3.63) is 28.2 Å². The molecule has 0 radical (unpaired) electrons. The van der Waals surface area contributed by atoms with Crippen LogP contribution >= 0.6 is 23.2 Å². The van der Waals surface area contributed by atoms with Crippen molar-refractivity contribution >= 4 is 44.6 Å². The average molecular weight is 320 g/mol. The third-order valence-electron chi connectivity index (χ3n) is 3.66. The summed E-state index contributed by atoms with van der Waals surface area (Å²) in [5, 5.41) is 0.652. The second kappa shape index (κ2) is 4.36. The molecule has 2 fully saturated rings. The zero-order valence-corrected chi connectivity index (χ0v) is 12.2. The molecule has 0 aromatic heterocycles. The lowest BCUT2D eigenvalue weighted by atomic mass is 10.0. The van der Waals surface area contributed by atoms with Gasteiger partial charge in [-0.25, -0.2) is 8.42 Å². The molecule has 0 aliphatic carbocycles. The Balaban J connectivity index is 2.05. The summed E-state index contributed by atoms with van der Waals surface area (Å²) in [6, 6.07) is 4.72. The van der Waals surface area contributed by atoms with E-state index in [-0.39, 0.29) is 35.8 Å². The number of fused-ring (bicyclic) bond motifs is 1. The first-order valence-corrected chi connectivity index (χ1v) is 8.43. The maximum Gasteiger partial charge on any atom is 0.227 e. The molecule has 3 rings (SSSR count). The van der Waals surface area contributed by atoms with Crippen molar-refractivity contribution in [3.63, 3.8) is 0 Å². The average Bonchev–Trinajstić information content (AvgIpc) is 2.73. The highest BCUT2D eigenvalue weighted by Gasteiger charge is 2.49. The second-order valence-electron chi connectivity index (χ2n) is 4.95. The van der Waals surface area contributed by atoms with E-state index in [1.807, 2.05) is 0 Å². The topological polar surface area (TPSA) is 54.5 Å². The van der Waals surface area contributed by atoms with Crippen molar-refractivity contribution < 1.29 is 13.2 Å². The molecule has 1 aromatic rings. The van der Waals surface area contributed by atoms with Gasteiger partial charge in [0, 0.05) is 12.3 Å². The van der Waals surface area contributed by atoms with E-state index in [9.17, 15) is 13.2 Å². The van der Waals surface area contributed by atoms with E-state index in [0.29, 0.717) is 15.7 Å². The highest BCUT2D eigenvalue weighted by atomic mass is 35.5. The van der Waals surface area contributed by atoms with E-state index >= 15 is 0 Å². The summed E-state index contributed by atoms with van der Waals surface area (Å²) in [5.74, 6) is -0.133. The summed E-state index contributed by atoms with van der Waals surface area (Å²) in [6.45, 7) is 0.